The van der Waals surface area contributed by atoms with Crippen LogP contribution in [0.15, 0.2) is 28.7 Å². The second-order valence-electron chi connectivity index (χ2n) is 6.41. The lowest BCUT2D eigenvalue weighted by Gasteiger charge is -2.35. The summed E-state index contributed by atoms with van der Waals surface area (Å²) >= 11 is 3.32. The molecule has 1 saturated carbocycles. The zero-order valence-corrected chi connectivity index (χ0v) is 15.4. The minimum Gasteiger partial charge on any atom is -0.449 e. The molecular formula is C18H24BrNO3. The van der Waals surface area contributed by atoms with Crippen LogP contribution in [-0.4, -0.2) is 24.0 Å². The number of ether oxygens (including phenoxy) is 1. The molecule has 23 heavy (non-hydrogen) atoms. The maximum absolute atomic E-state index is 12.3. The predicted octanol–water partition coefficient (Wildman–Crippen LogP) is 3.94. The topological polar surface area (TPSA) is 55.4 Å². The molecule has 4 nitrogen and oxygen atoms in total. The van der Waals surface area contributed by atoms with E-state index in [2.05, 4.69) is 35.1 Å². The van der Waals surface area contributed by atoms with E-state index in [1.165, 1.54) is 6.42 Å². The van der Waals surface area contributed by atoms with Crippen molar-refractivity contribution in [3.63, 3.8) is 0 Å². The molecule has 1 aliphatic rings. The van der Waals surface area contributed by atoms with E-state index in [0.29, 0.717) is 21.9 Å². The van der Waals surface area contributed by atoms with Crippen molar-refractivity contribution in [2.75, 3.05) is 0 Å². The van der Waals surface area contributed by atoms with Gasteiger partial charge in [-0.15, -0.1) is 0 Å². The summed E-state index contributed by atoms with van der Waals surface area (Å²) in [6.07, 6.45) is 2.52. The van der Waals surface area contributed by atoms with Crippen LogP contribution in [0.3, 0.4) is 0 Å². The third kappa shape index (κ3) is 4.56. The minimum atomic E-state index is -0.806. The van der Waals surface area contributed by atoms with Gasteiger partial charge in [-0.05, 0) is 53.2 Å². The average molecular weight is 382 g/mol. The molecule has 0 heterocycles. The van der Waals surface area contributed by atoms with Crippen LogP contribution in [0.5, 0.6) is 0 Å². The average Bonchev–Trinajstić information content (AvgIpc) is 2.52. The summed E-state index contributed by atoms with van der Waals surface area (Å²) in [6, 6.07) is 7.18. The van der Waals surface area contributed by atoms with Gasteiger partial charge in [-0.2, -0.15) is 0 Å². The molecule has 0 saturated heterocycles. The standard InChI is InChI=1S/C18H24BrNO3/c1-11-7-6-10-16(12(11)2)20-17(21)13(3)23-18(22)14-8-4-5-9-15(14)19/h4-5,8-9,11-13,16H,6-7,10H2,1-3H3,(H,20,21)/t11-,12+,13+,16+/m0/s1. The number of hydrogen-bond acceptors (Lipinski definition) is 3. The number of hydrogen-bond donors (Lipinski definition) is 1. The Bertz CT molecular complexity index is 575. The number of carbonyl (C=O) groups excluding carboxylic acids is 2. The first kappa shape index (κ1) is 18.0. The largest absolute Gasteiger partial charge is 0.449 e. The molecule has 1 aromatic rings. The van der Waals surface area contributed by atoms with Crippen LogP contribution < -0.4 is 5.32 Å². The summed E-state index contributed by atoms with van der Waals surface area (Å²) in [7, 11) is 0. The highest BCUT2D eigenvalue weighted by Crippen LogP contribution is 2.29. The molecule has 0 spiro atoms. The maximum atomic E-state index is 12.3. The number of halogens is 1. The summed E-state index contributed by atoms with van der Waals surface area (Å²) < 4.78 is 5.96. The smallest absolute Gasteiger partial charge is 0.340 e. The highest BCUT2D eigenvalue weighted by Gasteiger charge is 2.30. The van der Waals surface area contributed by atoms with E-state index in [1.54, 1.807) is 25.1 Å². The minimum absolute atomic E-state index is 0.163. The number of benzene rings is 1. The van der Waals surface area contributed by atoms with Gasteiger partial charge in [-0.1, -0.05) is 38.8 Å². The first-order chi connectivity index (χ1) is 10.9. The van der Waals surface area contributed by atoms with E-state index in [0.717, 1.165) is 12.8 Å². The molecule has 1 fully saturated rings. The molecule has 4 atom stereocenters. The fourth-order valence-corrected chi connectivity index (χ4v) is 3.44. The van der Waals surface area contributed by atoms with Crippen LogP contribution in [-0.2, 0) is 9.53 Å². The van der Waals surface area contributed by atoms with Crippen LogP contribution >= 0.6 is 15.9 Å². The van der Waals surface area contributed by atoms with Gasteiger partial charge in [0.05, 0.1) is 5.56 Å². The number of esters is 1. The van der Waals surface area contributed by atoms with Gasteiger partial charge >= 0.3 is 5.97 Å². The second kappa shape index (κ2) is 7.95. The molecule has 0 radical (unpaired) electrons. The van der Waals surface area contributed by atoms with Crippen molar-refractivity contribution in [2.24, 2.45) is 11.8 Å². The Labute approximate surface area is 146 Å². The molecular weight excluding hydrogens is 358 g/mol. The second-order valence-corrected chi connectivity index (χ2v) is 7.26. The number of carbonyl (C=O) groups is 2. The van der Waals surface area contributed by atoms with E-state index in [4.69, 9.17) is 4.74 Å². The number of nitrogens with one attached hydrogen (secondary N) is 1. The van der Waals surface area contributed by atoms with E-state index in [1.807, 2.05) is 6.07 Å². The molecule has 1 aliphatic carbocycles. The fraction of sp³-hybridized carbons (Fsp3) is 0.556. The Morgan fingerprint density at radius 1 is 1.26 bits per heavy atom. The first-order valence-corrected chi connectivity index (χ1v) is 8.95. The Balaban J connectivity index is 1.92. The highest BCUT2D eigenvalue weighted by atomic mass is 79.9. The zero-order chi connectivity index (χ0) is 17.0. The Kier molecular flexibility index (Phi) is 6.22. The monoisotopic (exact) mass is 381 g/mol. The Morgan fingerprint density at radius 2 is 1.96 bits per heavy atom. The third-order valence-corrected chi connectivity index (χ3v) is 5.47. The summed E-state index contributed by atoms with van der Waals surface area (Å²) in [5, 5.41) is 3.04. The van der Waals surface area contributed by atoms with Crippen LogP contribution in [0.25, 0.3) is 0 Å². The van der Waals surface area contributed by atoms with Gasteiger partial charge in [0.15, 0.2) is 6.10 Å². The molecule has 0 aliphatic heterocycles. The van der Waals surface area contributed by atoms with Crippen LogP contribution in [0, 0.1) is 11.8 Å². The molecule has 0 bridgehead atoms. The lowest BCUT2D eigenvalue weighted by atomic mass is 9.78. The normalized spacial score (nSPS) is 25.5. The van der Waals surface area contributed by atoms with Crippen molar-refractivity contribution in [3.05, 3.63) is 34.3 Å². The van der Waals surface area contributed by atoms with Gasteiger partial charge in [0, 0.05) is 10.5 Å². The molecule has 126 valence electrons. The number of rotatable bonds is 4. The maximum Gasteiger partial charge on any atom is 0.340 e. The first-order valence-electron chi connectivity index (χ1n) is 8.16. The van der Waals surface area contributed by atoms with Crippen molar-refractivity contribution in [1.29, 1.82) is 0 Å². The van der Waals surface area contributed by atoms with Crippen molar-refractivity contribution < 1.29 is 14.3 Å². The van der Waals surface area contributed by atoms with Gasteiger partial charge in [0.25, 0.3) is 5.91 Å². The number of amides is 1. The molecule has 5 heteroatoms. The van der Waals surface area contributed by atoms with Gasteiger partial charge in [0.1, 0.15) is 0 Å². The Hall–Kier alpha value is -1.36. The lowest BCUT2D eigenvalue weighted by molar-refractivity contribution is -0.130. The van der Waals surface area contributed by atoms with Gasteiger partial charge in [-0.3, -0.25) is 4.79 Å². The molecule has 0 unspecified atom stereocenters. The van der Waals surface area contributed by atoms with Gasteiger partial charge in [-0.25, -0.2) is 4.79 Å². The zero-order valence-electron chi connectivity index (χ0n) is 13.8. The van der Waals surface area contributed by atoms with E-state index >= 15 is 0 Å². The summed E-state index contributed by atoms with van der Waals surface area (Å²) in [5.74, 6) is 0.326. The van der Waals surface area contributed by atoms with Crippen LogP contribution in [0.1, 0.15) is 50.4 Å². The van der Waals surface area contributed by atoms with Crippen molar-refractivity contribution in [3.8, 4) is 0 Å². The van der Waals surface area contributed by atoms with Crippen molar-refractivity contribution >= 4 is 27.8 Å². The fourth-order valence-electron chi connectivity index (χ4n) is 2.99. The quantitative estimate of drug-likeness (QED) is 0.803. The predicted molar refractivity (Wildman–Crippen MR) is 93.1 cm³/mol. The van der Waals surface area contributed by atoms with E-state index in [-0.39, 0.29) is 11.9 Å². The Morgan fingerprint density at radius 3 is 2.65 bits per heavy atom. The van der Waals surface area contributed by atoms with E-state index in [9.17, 15) is 9.59 Å². The lowest BCUT2D eigenvalue weighted by Crippen LogP contribution is -2.47. The van der Waals surface area contributed by atoms with Crippen molar-refractivity contribution in [1.82, 2.24) is 5.32 Å². The van der Waals surface area contributed by atoms with Gasteiger partial charge < -0.3 is 10.1 Å². The molecule has 1 N–H and O–H groups in total. The van der Waals surface area contributed by atoms with Crippen LogP contribution in [0.2, 0.25) is 0 Å². The SMILES string of the molecule is C[C@@H]1[C@@H](C)CCC[C@H]1NC(=O)[C@@H](C)OC(=O)c1ccccc1Br. The summed E-state index contributed by atoms with van der Waals surface area (Å²) in [4.78, 5) is 24.5. The highest BCUT2D eigenvalue weighted by molar-refractivity contribution is 9.10. The molecule has 1 amide bonds. The summed E-state index contributed by atoms with van der Waals surface area (Å²) in [6.45, 7) is 6.01. The molecule has 1 aromatic carbocycles. The van der Waals surface area contributed by atoms with Gasteiger partial charge in [0.2, 0.25) is 0 Å². The van der Waals surface area contributed by atoms with Crippen LogP contribution in [0.4, 0.5) is 0 Å². The summed E-state index contributed by atoms with van der Waals surface area (Å²) in [5.41, 5.74) is 0.423. The third-order valence-electron chi connectivity index (χ3n) is 4.78. The van der Waals surface area contributed by atoms with E-state index < -0.39 is 12.1 Å². The van der Waals surface area contributed by atoms with Crippen molar-refractivity contribution in [2.45, 2.75) is 52.2 Å². The molecule has 0 aromatic heterocycles. The molecule has 2 rings (SSSR count).